The molecule has 0 saturated carbocycles. The molecular weight excluding hydrogens is 326 g/mol. The highest BCUT2D eigenvalue weighted by Crippen LogP contribution is 2.40. The first-order valence-corrected chi connectivity index (χ1v) is 9.66. The first-order valence-electron chi connectivity index (χ1n) is 8.84. The lowest BCUT2D eigenvalue weighted by molar-refractivity contribution is -0.124. The Bertz CT molecular complexity index is 619. The maximum atomic E-state index is 12.5. The summed E-state index contributed by atoms with van der Waals surface area (Å²) in [5.41, 5.74) is 1.64. The van der Waals surface area contributed by atoms with Gasteiger partial charge < -0.3 is 14.8 Å². The Morgan fingerprint density at radius 1 is 1.38 bits per heavy atom. The van der Waals surface area contributed by atoms with E-state index in [4.69, 9.17) is 9.47 Å². The SMILES string of the molecule is CCCOC(=O)c1c(NC(=O)[C@H]2CCCO2)sc2c1CC[C@@H](C)C2. The van der Waals surface area contributed by atoms with E-state index in [0.29, 0.717) is 29.7 Å². The number of carbonyl (C=O) groups is 2. The second-order valence-corrected chi connectivity index (χ2v) is 7.79. The van der Waals surface area contributed by atoms with Gasteiger partial charge in [-0.25, -0.2) is 4.79 Å². The fourth-order valence-corrected chi connectivity index (χ4v) is 4.70. The predicted octanol–water partition coefficient (Wildman–Crippen LogP) is 3.56. The third-order valence-corrected chi connectivity index (χ3v) is 5.78. The lowest BCUT2D eigenvalue weighted by Gasteiger charge is -2.18. The van der Waals surface area contributed by atoms with E-state index in [0.717, 1.165) is 44.1 Å². The van der Waals surface area contributed by atoms with E-state index < -0.39 is 6.10 Å². The Hall–Kier alpha value is -1.40. The lowest BCUT2D eigenvalue weighted by atomic mass is 9.88. The summed E-state index contributed by atoms with van der Waals surface area (Å²) in [6.07, 6.45) is 4.93. The zero-order chi connectivity index (χ0) is 17.1. The van der Waals surface area contributed by atoms with Crippen LogP contribution in [0, 0.1) is 5.92 Å². The number of anilines is 1. The van der Waals surface area contributed by atoms with Crippen LogP contribution < -0.4 is 5.32 Å². The van der Waals surface area contributed by atoms with Crippen molar-refractivity contribution in [1.29, 1.82) is 0 Å². The predicted molar refractivity (Wildman–Crippen MR) is 93.7 cm³/mol. The Kier molecular flexibility index (Phi) is 5.56. The summed E-state index contributed by atoms with van der Waals surface area (Å²) in [5, 5.41) is 3.57. The second kappa shape index (κ2) is 7.66. The standard InChI is InChI=1S/C18H25NO4S/c1-3-8-23-18(21)15-12-7-6-11(2)10-14(12)24-17(15)19-16(20)13-5-4-9-22-13/h11,13H,3-10H2,1-2H3,(H,19,20)/t11-,13-/m1/s1. The van der Waals surface area contributed by atoms with Crippen molar-refractivity contribution in [2.45, 2.75) is 58.5 Å². The Morgan fingerprint density at radius 3 is 2.92 bits per heavy atom. The Labute approximate surface area is 146 Å². The van der Waals surface area contributed by atoms with Crippen molar-refractivity contribution in [1.82, 2.24) is 0 Å². The number of hydrogen-bond donors (Lipinski definition) is 1. The maximum Gasteiger partial charge on any atom is 0.341 e. The lowest BCUT2D eigenvalue weighted by Crippen LogP contribution is -2.27. The summed E-state index contributed by atoms with van der Waals surface area (Å²) in [6, 6.07) is 0. The molecule has 2 aliphatic rings. The van der Waals surface area contributed by atoms with E-state index in [1.807, 2.05) is 6.92 Å². The van der Waals surface area contributed by atoms with Crippen molar-refractivity contribution in [3.8, 4) is 0 Å². The first-order chi connectivity index (χ1) is 11.6. The highest BCUT2D eigenvalue weighted by atomic mass is 32.1. The fraction of sp³-hybridized carbons (Fsp3) is 0.667. The molecule has 5 nitrogen and oxygen atoms in total. The molecule has 1 aliphatic carbocycles. The van der Waals surface area contributed by atoms with Crippen LogP contribution in [0.25, 0.3) is 0 Å². The number of fused-ring (bicyclic) bond motifs is 1. The van der Waals surface area contributed by atoms with Crippen LogP contribution in [-0.4, -0.2) is 31.2 Å². The highest BCUT2D eigenvalue weighted by Gasteiger charge is 2.31. The van der Waals surface area contributed by atoms with Crippen LogP contribution in [0.15, 0.2) is 0 Å². The molecule has 0 bridgehead atoms. The number of carbonyl (C=O) groups excluding carboxylic acids is 2. The topological polar surface area (TPSA) is 64.6 Å². The second-order valence-electron chi connectivity index (χ2n) is 6.68. The van der Waals surface area contributed by atoms with Gasteiger partial charge >= 0.3 is 5.97 Å². The van der Waals surface area contributed by atoms with Gasteiger partial charge in [0.25, 0.3) is 5.91 Å². The molecule has 3 rings (SSSR count). The molecule has 0 aromatic carbocycles. The molecule has 24 heavy (non-hydrogen) atoms. The first kappa shape index (κ1) is 17.4. The van der Waals surface area contributed by atoms with Gasteiger partial charge in [0.1, 0.15) is 11.1 Å². The Balaban J connectivity index is 1.85. The average molecular weight is 351 g/mol. The highest BCUT2D eigenvalue weighted by molar-refractivity contribution is 7.17. The third-order valence-electron chi connectivity index (χ3n) is 4.61. The fourth-order valence-electron chi connectivity index (χ4n) is 3.30. The van der Waals surface area contributed by atoms with Crippen LogP contribution >= 0.6 is 11.3 Å². The van der Waals surface area contributed by atoms with Gasteiger partial charge in [-0.1, -0.05) is 13.8 Å². The minimum absolute atomic E-state index is 0.149. The number of thiophene rings is 1. The molecule has 1 aromatic rings. The number of ether oxygens (including phenoxy) is 2. The van der Waals surface area contributed by atoms with Crippen molar-refractivity contribution in [2.75, 3.05) is 18.5 Å². The summed E-state index contributed by atoms with van der Waals surface area (Å²) in [5.74, 6) is 0.146. The summed E-state index contributed by atoms with van der Waals surface area (Å²) in [6.45, 7) is 5.22. The van der Waals surface area contributed by atoms with Crippen molar-refractivity contribution in [2.24, 2.45) is 5.92 Å². The van der Waals surface area contributed by atoms with Crippen LogP contribution in [0.3, 0.4) is 0 Å². The molecule has 6 heteroatoms. The summed E-state index contributed by atoms with van der Waals surface area (Å²) in [7, 11) is 0. The van der Waals surface area contributed by atoms with Crippen LogP contribution in [0.1, 0.15) is 60.3 Å². The van der Waals surface area contributed by atoms with Gasteiger partial charge in [0, 0.05) is 11.5 Å². The van der Waals surface area contributed by atoms with Gasteiger partial charge in [0.15, 0.2) is 0 Å². The minimum Gasteiger partial charge on any atom is -0.462 e. The van der Waals surface area contributed by atoms with E-state index >= 15 is 0 Å². The molecule has 1 amide bonds. The molecule has 0 radical (unpaired) electrons. The smallest absolute Gasteiger partial charge is 0.341 e. The van der Waals surface area contributed by atoms with Gasteiger partial charge in [-0.15, -0.1) is 11.3 Å². The molecule has 1 fully saturated rings. The summed E-state index contributed by atoms with van der Waals surface area (Å²) < 4.78 is 10.8. The minimum atomic E-state index is -0.400. The van der Waals surface area contributed by atoms with E-state index in [9.17, 15) is 9.59 Å². The molecule has 132 valence electrons. The number of nitrogens with one attached hydrogen (secondary N) is 1. The molecule has 1 aliphatic heterocycles. The molecule has 2 atom stereocenters. The number of esters is 1. The van der Waals surface area contributed by atoms with Gasteiger partial charge in [-0.3, -0.25) is 4.79 Å². The number of rotatable bonds is 5. The molecule has 1 aromatic heterocycles. The van der Waals surface area contributed by atoms with Crippen LogP contribution in [0.4, 0.5) is 5.00 Å². The Morgan fingerprint density at radius 2 is 2.21 bits per heavy atom. The molecule has 0 unspecified atom stereocenters. The number of amides is 1. The van der Waals surface area contributed by atoms with E-state index in [-0.39, 0.29) is 11.9 Å². The van der Waals surface area contributed by atoms with Crippen LogP contribution in [-0.2, 0) is 27.1 Å². The maximum absolute atomic E-state index is 12.5. The van der Waals surface area contributed by atoms with E-state index in [1.54, 1.807) is 0 Å². The van der Waals surface area contributed by atoms with Gasteiger partial charge in [-0.2, -0.15) is 0 Å². The quantitative estimate of drug-likeness (QED) is 0.824. The van der Waals surface area contributed by atoms with Crippen LogP contribution in [0.2, 0.25) is 0 Å². The molecule has 2 heterocycles. The monoisotopic (exact) mass is 351 g/mol. The van der Waals surface area contributed by atoms with Crippen molar-refractivity contribution < 1.29 is 19.1 Å². The summed E-state index contributed by atoms with van der Waals surface area (Å²) >= 11 is 1.53. The molecule has 0 spiro atoms. The largest absolute Gasteiger partial charge is 0.462 e. The van der Waals surface area contributed by atoms with Gasteiger partial charge in [0.2, 0.25) is 0 Å². The zero-order valence-corrected chi connectivity index (χ0v) is 15.2. The molecular formula is C18H25NO4S. The van der Waals surface area contributed by atoms with Crippen LogP contribution in [0.5, 0.6) is 0 Å². The summed E-state index contributed by atoms with van der Waals surface area (Å²) in [4.78, 5) is 26.2. The third kappa shape index (κ3) is 3.64. The average Bonchev–Trinajstić information content (AvgIpc) is 3.19. The van der Waals surface area contributed by atoms with Crippen molar-refractivity contribution in [3.63, 3.8) is 0 Å². The van der Waals surface area contributed by atoms with Crippen molar-refractivity contribution in [3.05, 3.63) is 16.0 Å². The van der Waals surface area contributed by atoms with Crippen molar-refractivity contribution >= 4 is 28.2 Å². The van der Waals surface area contributed by atoms with Gasteiger partial charge in [-0.05, 0) is 50.0 Å². The van der Waals surface area contributed by atoms with E-state index in [2.05, 4.69) is 12.2 Å². The molecule has 1 saturated heterocycles. The number of hydrogen-bond acceptors (Lipinski definition) is 5. The van der Waals surface area contributed by atoms with E-state index in [1.165, 1.54) is 16.2 Å². The normalized spacial score (nSPS) is 22.9. The molecule has 1 N–H and O–H groups in total. The zero-order valence-electron chi connectivity index (χ0n) is 14.4. The van der Waals surface area contributed by atoms with Gasteiger partial charge in [0.05, 0.1) is 12.2 Å².